The Hall–Kier alpha value is -2.91. The Morgan fingerprint density at radius 1 is 1.38 bits per heavy atom. The van der Waals surface area contributed by atoms with Gasteiger partial charge in [0.1, 0.15) is 17.6 Å². The van der Waals surface area contributed by atoms with Crippen LogP contribution in [0.15, 0.2) is 24.4 Å². The number of aldehydes is 1. The zero-order valence-electron chi connectivity index (χ0n) is 14.9. The topological polar surface area (TPSA) is 74.9 Å². The van der Waals surface area contributed by atoms with E-state index in [0.29, 0.717) is 16.1 Å². The molecule has 3 rings (SSSR count). The Morgan fingerprint density at radius 2 is 2.15 bits per heavy atom. The number of aromatic nitrogens is 1. The molecule has 132 valence electrons. The number of fused-ring (bicyclic) bond motifs is 1. The van der Waals surface area contributed by atoms with Crippen LogP contribution in [0.25, 0.3) is 10.9 Å². The highest BCUT2D eigenvalue weighted by Gasteiger charge is 2.17. The van der Waals surface area contributed by atoms with E-state index in [0.717, 1.165) is 39.6 Å². The summed E-state index contributed by atoms with van der Waals surface area (Å²) in [5.74, 6) is -0.219. The number of hydrogen-bond donors (Lipinski definition) is 1. The van der Waals surface area contributed by atoms with Crippen molar-refractivity contribution in [3.05, 3.63) is 51.5 Å². The third-order valence-electron chi connectivity index (χ3n) is 4.58. The summed E-state index contributed by atoms with van der Waals surface area (Å²) in [7, 11) is 0. The van der Waals surface area contributed by atoms with E-state index in [4.69, 9.17) is 0 Å². The molecule has 26 heavy (non-hydrogen) atoms. The van der Waals surface area contributed by atoms with Crippen molar-refractivity contribution >= 4 is 39.4 Å². The average molecular weight is 365 g/mol. The second-order valence-electron chi connectivity index (χ2n) is 6.14. The van der Waals surface area contributed by atoms with Crippen molar-refractivity contribution in [2.24, 2.45) is 0 Å². The molecule has 1 N–H and O–H groups in total. The minimum absolute atomic E-state index is 0.0855. The summed E-state index contributed by atoms with van der Waals surface area (Å²) in [4.78, 5) is 25.0. The number of thiophene rings is 1. The third kappa shape index (κ3) is 3.02. The lowest BCUT2D eigenvalue weighted by Crippen LogP contribution is -2.18. The second-order valence-corrected chi connectivity index (χ2v) is 7.37. The predicted molar refractivity (Wildman–Crippen MR) is 104 cm³/mol. The van der Waals surface area contributed by atoms with Crippen molar-refractivity contribution in [3.8, 4) is 6.07 Å². The molecule has 0 saturated carbocycles. The fourth-order valence-electron chi connectivity index (χ4n) is 3.14. The molecule has 2 heterocycles. The Labute approximate surface area is 155 Å². The summed E-state index contributed by atoms with van der Waals surface area (Å²) in [6.07, 6.45) is 3.34. The van der Waals surface area contributed by atoms with Crippen LogP contribution in [0.4, 0.5) is 5.00 Å². The van der Waals surface area contributed by atoms with E-state index in [2.05, 4.69) is 11.4 Å². The number of nitriles is 1. The molecule has 0 unspecified atom stereocenters. The molecule has 3 aromatic rings. The van der Waals surface area contributed by atoms with Gasteiger partial charge in [0.2, 0.25) is 5.91 Å². The van der Waals surface area contributed by atoms with Gasteiger partial charge < -0.3 is 9.88 Å². The zero-order valence-corrected chi connectivity index (χ0v) is 15.7. The van der Waals surface area contributed by atoms with Crippen LogP contribution < -0.4 is 5.32 Å². The number of benzene rings is 1. The van der Waals surface area contributed by atoms with Crippen LogP contribution in [0.3, 0.4) is 0 Å². The van der Waals surface area contributed by atoms with Gasteiger partial charge in [0.05, 0.1) is 11.1 Å². The number of rotatable bonds is 5. The molecular weight excluding hydrogens is 346 g/mol. The van der Waals surface area contributed by atoms with Crippen molar-refractivity contribution in [2.45, 2.75) is 33.7 Å². The quantitative estimate of drug-likeness (QED) is 0.688. The van der Waals surface area contributed by atoms with Gasteiger partial charge in [-0.3, -0.25) is 9.59 Å². The molecule has 1 aromatic carbocycles. The van der Waals surface area contributed by atoms with Gasteiger partial charge in [-0.05, 0) is 31.4 Å². The minimum atomic E-state index is -0.219. The molecule has 0 saturated heterocycles. The Bertz CT molecular complexity index is 1050. The van der Waals surface area contributed by atoms with Gasteiger partial charge in [-0.15, -0.1) is 11.3 Å². The molecule has 2 aromatic heterocycles. The van der Waals surface area contributed by atoms with Gasteiger partial charge in [-0.1, -0.05) is 25.1 Å². The van der Waals surface area contributed by atoms with Crippen LogP contribution in [0.2, 0.25) is 0 Å². The largest absolute Gasteiger partial charge is 0.337 e. The lowest BCUT2D eigenvalue weighted by molar-refractivity contribution is -0.116. The summed E-state index contributed by atoms with van der Waals surface area (Å²) in [6, 6.07) is 7.98. The van der Waals surface area contributed by atoms with E-state index >= 15 is 0 Å². The van der Waals surface area contributed by atoms with Gasteiger partial charge in [-0.2, -0.15) is 5.26 Å². The number of nitrogens with one attached hydrogen (secondary N) is 1. The maximum absolute atomic E-state index is 12.6. The second kappa shape index (κ2) is 7.14. The van der Waals surface area contributed by atoms with Gasteiger partial charge in [-0.25, -0.2) is 0 Å². The SMILES string of the molecule is CCc1cccc2c(C=O)cn(CC(=O)Nc3sc(C)c(C)c3C#N)c12. The van der Waals surface area contributed by atoms with Gasteiger partial charge in [0, 0.05) is 22.0 Å². The van der Waals surface area contributed by atoms with Gasteiger partial charge >= 0.3 is 0 Å². The first kappa shape index (κ1) is 17.9. The first-order valence-corrected chi connectivity index (χ1v) is 9.17. The molecule has 0 radical (unpaired) electrons. The number of hydrogen-bond acceptors (Lipinski definition) is 4. The van der Waals surface area contributed by atoms with E-state index in [1.807, 2.05) is 43.5 Å². The fraction of sp³-hybridized carbons (Fsp3) is 0.250. The lowest BCUT2D eigenvalue weighted by Gasteiger charge is -2.09. The van der Waals surface area contributed by atoms with Crippen LogP contribution in [0.1, 0.15) is 38.8 Å². The van der Waals surface area contributed by atoms with Crippen molar-refractivity contribution < 1.29 is 9.59 Å². The fourth-order valence-corrected chi connectivity index (χ4v) is 4.17. The number of anilines is 1. The lowest BCUT2D eigenvalue weighted by atomic mass is 10.1. The summed E-state index contributed by atoms with van der Waals surface area (Å²) in [6.45, 7) is 5.94. The van der Waals surface area contributed by atoms with Crippen molar-refractivity contribution in [3.63, 3.8) is 0 Å². The highest BCUT2D eigenvalue weighted by molar-refractivity contribution is 7.16. The summed E-state index contributed by atoms with van der Waals surface area (Å²) < 4.78 is 1.81. The van der Waals surface area contributed by atoms with Crippen molar-refractivity contribution in [2.75, 3.05) is 5.32 Å². The normalized spacial score (nSPS) is 10.7. The average Bonchev–Trinajstić information content (AvgIpc) is 3.12. The first-order valence-electron chi connectivity index (χ1n) is 8.36. The van der Waals surface area contributed by atoms with Crippen LogP contribution in [-0.4, -0.2) is 16.8 Å². The molecule has 0 aliphatic heterocycles. The third-order valence-corrected chi connectivity index (χ3v) is 5.71. The number of carbonyl (C=O) groups excluding carboxylic acids is 2. The molecule has 1 amide bonds. The van der Waals surface area contributed by atoms with Crippen molar-refractivity contribution in [1.82, 2.24) is 4.57 Å². The highest BCUT2D eigenvalue weighted by Crippen LogP contribution is 2.32. The molecular formula is C20H19N3O2S. The molecule has 5 nitrogen and oxygen atoms in total. The molecule has 0 spiro atoms. The molecule has 0 aliphatic carbocycles. The maximum Gasteiger partial charge on any atom is 0.244 e. The van der Waals surface area contributed by atoms with E-state index < -0.39 is 0 Å². The van der Waals surface area contributed by atoms with Crippen LogP contribution in [-0.2, 0) is 17.8 Å². The van der Waals surface area contributed by atoms with E-state index in [1.165, 1.54) is 11.3 Å². The molecule has 6 heteroatoms. The summed E-state index contributed by atoms with van der Waals surface area (Å²) >= 11 is 1.41. The van der Waals surface area contributed by atoms with E-state index in [-0.39, 0.29) is 12.5 Å². The predicted octanol–water partition coefficient (Wildman–Crippen LogP) is 4.20. The van der Waals surface area contributed by atoms with Crippen LogP contribution in [0.5, 0.6) is 0 Å². The molecule has 0 atom stereocenters. The van der Waals surface area contributed by atoms with Crippen LogP contribution >= 0.6 is 11.3 Å². The first-order chi connectivity index (χ1) is 12.5. The summed E-state index contributed by atoms with van der Waals surface area (Å²) in [5.41, 5.74) is 3.98. The Balaban J connectivity index is 1.94. The molecule has 0 bridgehead atoms. The number of carbonyl (C=O) groups is 2. The standard InChI is InChI=1S/C20H19N3O2S/c1-4-14-6-5-7-16-15(11-24)9-23(19(14)16)10-18(25)22-20-17(8-21)12(2)13(3)26-20/h5-7,9,11H,4,10H2,1-3H3,(H,22,25). The number of aryl methyl sites for hydroxylation is 2. The smallest absolute Gasteiger partial charge is 0.244 e. The van der Waals surface area contributed by atoms with E-state index in [1.54, 1.807) is 6.20 Å². The van der Waals surface area contributed by atoms with Gasteiger partial charge in [0.15, 0.2) is 6.29 Å². The molecule has 0 aliphatic rings. The Kier molecular flexibility index (Phi) is 4.92. The van der Waals surface area contributed by atoms with Crippen LogP contribution in [0, 0.1) is 25.2 Å². The minimum Gasteiger partial charge on any atom is -0.337 e. The monoisotopic (exact) mass is 365 g/mol. The van der Waals surface area contributed by atoms with Crippen molar-refractivity contribution in [1.29, 1.82) is 5.26 Å². The summed E-state index contributed by atoms with van der Waals surface area (Å²) in [5, 5.41) is 13.6. The number of para-hydroxylation sites is 1. The van der Waals surface area contributed by atoms with Gasteiger partial charge in [0.25, 0.3) is 0 Å². The highest BCUT2D eigenvalue weighted by atomic mass is 32.1. The Morgan fingerprint density at radius 3 is 2.81 bits per heavy atom. The van der Waals surface area contributed by atoms with E-state index in [9.17, 15) is 14.9 Å². The number of amides is 1. The molecule has 0 fully saturated rings. The maximum atomic E-state index is 12.6. The number of nitrogens with zero attached hydrogens (tertiary/aromatic N) is 2. The zero-order chi connectivity index (χ0) is 18.8.